The average molecular weight is 256 g/mol. The molecule has 0 amide bonds. The summed E-state index contributed by atoms with van der Waals surface area (Å²) < 4.78 is 13.9. The van der Waals surface area contributed by atoms with Gasteiger partial charge >= 0.3 is 0 Å². The van der Waals surface area contributed by atoms with Crippen molar-refractivity contribution in [3.05, 3.63) is 34.2 Å². The van der Waals surface area contributed by atoms with Gasteiger partial charge in [0.05, 0.1) is 5.52 Å². The number of H-pyrrole nitrogens is 1. The summed E-state index contributed by atoms with van der Waals surface area (Å²) in [7, 11) is 0. The van der Waals surface area contributed by atoms with Crippen molar-refractivity contribution in [2.24, 2.45) is 0 Å². The molecular weight excluding hydrogens is 245 g/mol. The topological polar surface area (TPSA) is 15.8 Å². The molecule has 0 saturated carbocycles. The maximum Gasteiger partial charge on any atom is 0.125 e. The van der Waals surface area contributed by atoms with Crippen LogP contribution in [0.1, 0.15) is 18.9 Å². The number of aryl methyl sites for hydroxylation is 1. The first-order chi connectivity index (χ1) is 6.72. The van der Waals surface area contributed by atoms with Gasteiger partial charge in [-0.2, -0.15) is 0 Å². The number of halogens is 2. The van der Waals surface area contributed by atoms with E-state index < -0.39 is 0 Å². The molecule has 0 fully saturated rings. The Labute approximate surface area is 90.5 Å². The van der Waals surface area contributed by atoms with Crippen LogP contribution in [0.15, 0.2) is 22.8 Å². The Morgan fingerprint density at radius 2 is 2.21 bits per heavy atom. The van der Waals surface area contributed by atoms with Gasteiger partial charge in [0.15, 0.2) is 0 Å². The molecule has 0 aliphatic heterocycles. The van der Waals surface area contributed by atoms with E-state index in [1.807, 2.05) is 6.20 Å². The number of rotatable bonds is 2. The molecule has 2 rings (SSSR count). The average Bonchev–Trinajstić information content (AvgIpc) is 2.49. The zero-order chi connectivity index (χ0) is 10.1. The van der Waals surface area contributed by atoms with Gasteiger partial charge in [0.2, 0.25) is 0 Å². The van der Waals surface area contributed by atoms with Crippen LogP contribution < -0.4 is 0 Å². The van der Waals surface area contributed by atoms with E-state index in [2.05, 4.69) is 27.8 Å². The van der Waals surface area contributed by atoms with E-state index in [0.717, 1.165) is 28.2 Å². The minimum Gasteiger partial charge on any atom is -0.360 e. The van der Waals surface area contributed by atoms with E-state index in [9.17, 15) is 4.39 Å². The fraction of sp³-hybridized carbons (Fsp3) is 0.273. The molecule has 1 N–H and O–H groups in total. The molecule has 74 valence electrons. The van der Waals surface area contributed by atoms with Crippen LogP contribution in [0.25, 0.3) is 10.9 Å². The highest BCUT2D eigenvalue weighted by Gasteiger charge is 2.07. The molecule has 0 saturated heterocycles. The third kappa shape index (κ3) is 1.57. The lowest BCUT2D eigenvalue weighted by molar-refractivity contribution is 0.629. The van der Waals surface area contributed by atoms with Crippen LogP contribution >= 0.6 is 15.9 Å². The Hall–Kier alpha value is -0.830. The fourth-order valence-corrected chi connectivity index (χ4v) is 2.23. The van der Waals surface area contributed by atoms with Gasteiger partial charge in [0.1, 0.15) is 5.82 Å². The summed E-state index contributed by atoms with van der Waals surface area (Å²) in [6, 6.07) is 3.07. The summed E-state index contributed by atoms with van der Waals surface area (Å²) in [5.74, 6) is -0.193. The summed E-state index contributed by atoms with van der Waals surface area (Å²) in [6.45, 7) is 2.12. The molecule has 0 bridgehead atoms. The third-order valence-corrected chi connectivity index (χ3v) is 2.94. The van der Waals surface area contributed by atoms with Crippen LogP contribution in [0, 0.1) is 5.82 Å². The van der Waals surface area contributed by atoms with Crippen molar-refractivity contribution in [2.75, 3.05) is 0 Å². The van der Waals surface area contributed by atoms with E-state index in [4.69, 9.17) is 0 Å². The highest BCUT2D eigenvalue weighted by atomic mass is 79.9. The molecule has 3 heteroatoms. The van der Waals surface area contributed by atoms with Crippen LogP contribution in [-0.2, 0) is 6.42 Å². The van der Waals surface area contributed by atoms with Gasteiger partial charge in [-0.05, 0) is 40.0 Å². The molecule has 1 nitrogen and oxygen atoms in total. The smallest absolute Gasteiger partial charge is 0.125 e. The summed E-state index contributed by atoms with van der Waals surface area (Å²) in [5, 5.41) is 0.985. The van der Waals surface area contributed by atoms with Crippen molar-refractivity contribution in [2.45, 2.75) is 19.8 Å². The predicted octanol–water partition coefficient (Wildman–Crippen LogP) is 4.02. The summed E-state index contributed by atoms with van der Waals surface area (Å²) in [6.07, 6.45) is 4.01. The molecule has 0 radical (unpaired) electrons. The van der Waals surface area contributed by atoms with Crippen molar-refractivity contribution in [3.63, 3.8) is 0 Å². The minimum atomic E-state index is -0.193. The lowest BCUT2D eigenvalue weighted by Gasteiger charge is -1.98. The molecule has 0 spiro atoms. The molecule has 1 heterocycles. The van der Waals surface area contributed by atoms with Crippen LogP contribution in [0.2, 0.25) is 0 Å². The zero-order valence-electron chi connectivity index (χ0n) is 7.90. The van der Waals surface area contributed by atoms with Crippen molar-refractivity contribution < 1.29 is 4.39 Å². The second-order valence-corrected chi connectivity index (χ2v) is 4.23. The van der Waals surface area contributed by atoms with Crippen molar-refractivity contribution >= 4 is 26.8 Å². The molecule has 0 atom stereocenters. The van der Waals surface area contributed by atoms with Crippen LogP contribution in [-0.4, -0.2) is 4.98 Å². The lowest BCUT2D eigenvalue weighted by atomic mass is 10.1. The Morgan fingerprint density at radius 1 is 1.43 bits per heavy atom. The first kappa shape index (κ1) is 9.71. The Morgan fingerprint density at radius 3 is 2.93 bits per heavy atom. The van der Waals surface area contributed by atoms with E-state index >= 15 is 0 Å². The fourth-order valence-electron chi connectivity index (χ4n) is 1.69. The molecule has 1 aromatic heterocycles. The number of hydrogen-bond acceptors (Lipinski definition) is 0. The molecule has 14 heavy (non-hydrogen) atoms. The second-order valence-electron chi connectivity index (χ2n) is 3.37. The maximum absolute atomic E-state index is 13.2. The highest BCUT2D eigenvalue weighted by Crippen LogP contribution is 2.27. The van der Waals surface area contributed by atoms with Gasteiger partial charge in [-0.15, -0.1) is 0 Å². The highest BCUT2D eigenvalue weighted by molar-refractivity contribution is 9.10. The Balaban J connectivity index is 2.66. The SMILES string of the molecule is CCCc1c[nH]c2c(Br)cc(F)cc12. The largest absolute Gasteiger partial charge is 0.360 e. The van der Waals surface area contributed by atoms with Gasteiger partial charge in [0.25, 0.3) is 0 Å². The Kier molecular flexibility index (Phi) is 2.59. The molecule has 0 unspecified atom stereocenters. The number of aromatic amines is 1. The van der Waals surface area contributed by atoms with Crippen molar-refractivity contribution in [1.82, 2.24) is 4.98 Å². The van der Waals surface area contributed by atoms with Gasteiger partial charge < -0.3 is 4.98 Å². The second kappa shape index (κ2) is 3.73. The van der Waals surface area contributed by atoms with Gasteiger partial charge in [-0.25, -0.2) is 4.39 Å². The zero-order valence-corrected chi connectivity index (χ0v) is 9.49. The molecule has 1 aromatic carbocycles. The summed E-state index contributed by atoms with van der Waals surface area (Å²) in [5.41, 5.74) is 2.16. The summed E-state index contributed by atoms with van der Waals surface area (Å²) in [4.78, 5) is 3.15. The normalized spacial score (nSPS) is 11.1. The Bertz CT molecular complexity index is 462. The van der Waals surface area contributed by atoms with Gasteiger partial charge in [0, 0.05) is 16.1 Å². The number of benzene rings is 1. The predicted molar refractivity (Wildman–Crippen MR) is 60.0 cm³/mol. The molecule has 0 aliphatic rings. The monoisotopic (exact) mass is 255 g/mol. The molecule has 0 aliphatic carbocycles. The first-order valence-electron chi connectivity index (χ1n) is 4.67. The molecule has 2 aromatic rings. The van der Waals surface area contributed by atoms with Crippen molar-refractivity contribution in [3.8, 4) is 0 Å². The van der Waals surface area contributed by atoms with E-state index in [-0.39, 0.29) is 5.82 Å². The van der Waals surface area contributed by atoms with Crippen LogP contribution in [0.5, 0.6) is 0 Å². The van der Waals surface area contributed by atoms with Crippen molar-refractivity contribution in [1.29, 1.82) is 0 Å². The van der Waals surface area contributed by atoms with Crippen LogP contribution in [0.4, 0.5) is 4.39 Å². The molecular formula is C11H11BrFN. The van der Waals surface area contributed by atoms with Crippen LogP contribution in [0.3, 0.4) is 0 Å². The number of aromatic nitrogens is 1. The lowest BCUT2D eigenvalue weighted by Crippen LogP contribution is -1.81. The van der Waals surface area contributed by atoms with E-state index in [1.165, 1.54) is 11.6 Å². The maximum atomic E-state index is 13.2. The van der Waals surface area contributed by atoms with E-state index in [1.54, 1.807) is 6.07 Å². The van der Waals surface area contributed by atoms with E-state index in [0.29, 0.717) is 0 Å². The number of nitrogens with one attached hydrogen (secondary N) is 1. The number of fused-ring (bicyclic) bond motifs is 1. The van der Waals surface area contributed by atoms with Gasteiger partial charge in [-0.3, -0.25) is 0 Å². The quantitative estimate of drug-likeness (QED) is 0.835. The first-order valence-corrected chi connectivity index (χ1v) is 5.46. The summed E-state index contributed by atoms with van der Waals surface area (Å²) >= 11 is 3.34. The van der Waals surface area contributed by atoms with Gasteiger partial charge in [-0.1, -0.05) is 13.3 Å². The number of hydrogen-bond donors (Lipinski definition) is 1. The standard InChI is InChI=1S/C11H11BrFN/c1-2-3-7-6-14-11-9(7)4-8(13)5-10(11)12/h4-6,14H,2-3H2,1H3. The third-order valence-electron chi connectivity index (χ3n) is 2.31. The minimum absolute atomic E-state index is 0.193.